The predicted molar refractivity (Wildman–Crippen MR) is 108 cm³/mol. The number of benzene rings is 2. The van der Waals surface area contributed by atoms with Gasteiger partial charge in [-0.05, 0) is 64.3 Å². The molecule has 0 aliphatic carbocycles. The number of aromatic nitrogens is 2. The average Bonchev–Trinajstić information content (AvgIpc) is 3.07. The van der Waals surface area contributed by atoms with E-state index in [1.807, 2.05) is 41.2 Å². The van der Waals surface area contributed by atoms with Crippen molar-refractivity contribution in [3.05, 3.63) is 72.2 Å². The fourth-order valence-electron chi connectivity index (χ4n) is 2.76. The molecule has 3 aromatic rings. The lowest BCUT2D eigenvalue weighted by molar-refractivity contribution is 0.190. The summed E-state index contributed by atoms with van der Waals surface area (Å²) < 4.78 is 15.2. The summed E-state index contributed by atoms with van der Waals surface area (Å²) in [6.45, 7) is 5.94. The van der Waals surface area contributed by atoms with E-state index >= 15 is 0 Å². The molecule has 5 heteroatoms. The largest absolute Gasteiger partial charge is 0.311 e. The number of nitrogens with one attached hydrogen (secondary N) is 1. The van der Waals surface area contributed by atoms with Crippen molar-refractivity contribution in [2.75, 3.05) is 20.6 Å². The lowest BCUT2D eigenvalue weighted by Crippen LogP contribution is -2.46. The minimum atomic E-state index is -0.242. The number of hydrogen-bond donors (Lipinski definition) is 1. The number of para-hydroxylation sites is 1. The molecule has 0 radical (unpaired) electrons. The van der Waals surface area contributed by atoms with E-state index in [9.17, 15) is 4.39 Å². The van der Waals surface area contributed by atoms with Crippen LogP contribution >= 0.6 is 0 Å². The van der Waals surface area contributed by atoms with Gasteiger partial charge in [0.1, 0.15) is 5.82 Å². The Morgan fingerprint density at radius 2 is 1.70 bits per heavy atom. The molecule has 27 heavy (non-hydrogen) atoms. The van der Waals surface area contributed by atoms with Crippen LogP contribution in [0, 0.1) is 5.82 Å². The Morgan fingerprint density at radius 3 is 2.33 bits per heavy atom. The zero-order chi connectivity index (χ0) is 19.4. The molecule has 0 unspecified atom stereocenters. The lowest BCUT2D eigenvalue weighted by Gasteiger charge is -2.32. The Hall–Kier alpha value is -2.50. The van der Waals surface area contributed by atoms with Gasteiger partial charge < -0.3 is 10.2 Å². The van der Waals surface area contributed by atoms with Crippen LogP contribution in [0.4, 0.5) is 4.39 Å². The van der Waals surface area contributed by atoms with Gasteiger partial charge in [0.25, 0.3) is 0 Å². The van der Waals surface area contributed by atoms with Gasteiger partial charge in [-0.3, -0.25) is 0 Å². The van der Waals surface area contributed by atoms with Gasteiger partial charge in [-0.25, -0.2) is 9.07 Å². The molecule has 1 heterocycles. The van der Waals surface area contributed by atoms with Crippen molar-refractivity contribution in [1.82, 2.24) is 20.0 Å². The van der Waals surface area contributed by atoms with Crippen LogP contribution in [0.1, 0.15) is 19.4 Å². The van der Waals surface area contributed by atoms with Crippen LogP contribution in [0.2, 0.25) is 0 Å². The molecule has 0 saturated heterocycles. The van der Waals surface area contributed by atoms with Crippen molar-refractivity contribution in [3.63, 3.8) is 0 Å². The summed E-state index contributed by atoms with van der Waals surface area (Å²) >= 11 is 0. The quantitative estimate of drug-likeness (QED) is 0.683. The van der Waals surface area contributed by atoms with Crippen molar-refractivity contribution in [2.24, 2.45) is 0 Å². The smallest absolute Gasteiger partial charge is 0.123 e. The fourth-order valence-corrected chi connectivity index (χ4v) is 2.76. The minimum Gasteiger partial charge on any atom is -0.311 e. The Bertz CT molecular complexity index is 867. The van der Waals surface area contributed by atoms with Gasteiger partial charge in [-0.1, -0.05) is 18.2 Å². The highest BCUT2D eigenvalue weighted by Crippen LogP contribution is 2.24. The third-order valence-electron chi connectivity index (χ3n) is 5.01. The van der Waals surface area contributed by atoms with Gasteiger partial charge in [-0.15, -0.1) is 0 Å². The molecule has 0 fully saturated rings. The van der Waals surface area contributed by atoms with Crippen molar-refractivity contribution < 1.29 is 4.39 Å². The molecular formula is C22H27FN4. The summed E-state index contributed by atoms with van der Waals surface area (Å²) in [6.07, 6.45) is 2.05. The van der Waals surface area contributed by atoms with E-state index in [1.54, 1.807) is 12.1 Å². The zero-order valence-electron chi connectivity index (χ0n) is 16.4. The minimum absolute atomic E-state index is 0.0471. The van der Waals surface area contributed by atoms with Gasteiger partial charge in [0.2, 0.25) is 0 Å². The van der Waals surface area contributed by atoms with E-state index < -0.39 is 0 Å². The molecule has 0 bridgehead atoms. The van der Waals surface area contributed by atoms with E-state index in [4.69, 9.17) is 5.10 Å². The van der Waals surface area contributed by atoms with Gasteiger partial charge in [0, 0.05) is 36.0 Å². The Kier molecular flexibility index (Phi) is 5.73. The molecule has 0 spiro atoms. The number of hydrogen-bond acceptors (Lipinski definition) is 3. The summed E-state index contributed by atoms with van der Waals surface area (Å²) in [5.41, 5.74) is 3.91. The molecule has 0 atom stereocenters. The van der Waals surface area contributed by atoms with Crippen LogP contribution in [0.3, 0.4) is 0 Å². The maximum Gasteiger partial charge on any atom is 0.123 e. The number of halogens is 1. The van der Waals surface area contributed by atoms with Crippen LogP contribution in [-0.4, -0.2) is 40.9 Å². The molecule has 4 nitrogen and oxygen atoms in total. The molecule has 0 saturated carbocycles. The maximum absolute atomic E-state index is 13.3. The van der Waals surface area contributed by atoms with Crippen molar-refractivity contribution in [3.8, 4) is 16.9 Å². The number of nitrogens with zero attached hydrogens (tertiary/aromatic N) is 3. The summed E-state index contributed by atoms with van der Waals surface area (Å²) in [7, 11) is 4.16. The fraction of sp³-hybridized carbons (Fsp3) is 0.318. The van der Waals surface area contributed by atoms with E-state index in [1.165, 1.54) is 12.1 Å². The monoisotopic (exact) mass is 366 g/mol. The van der Waals surface area contributed by atoms with E-state index in [-0.39, 0.29) is 11.4 Å². The topological polar surface area (TPSA) is 33.1 Å². The Balaban J connectivity index is 1.88. The molecule has 3 rings (SSSR count). The normalized spacial score (nSPS) is 11.9. The van der Waals surface area contributed by atoms with E-state index in [2.05, 4.69) is 38.2 Å². The molecular weight excluding hydrogens is 339 g/mol. The third-order valence-corrected chi connectivity index (χ3v) is 5.01. The van der Waals surface area contributed by atoms with Crippen LogP contribution in [0.25, 0.3) is 16.9 Å². The van der Waals surface area contributed by atoms with Crippen LogP contribution in [0.15, 0.2) is 60.8 Å². The van der Waals surface area contributed by atoms with Gasteiger partial charge in [0.05, 0.1) is 11.4 Å². The van der Waals surface area contributed by atoms with Crippen LogP contribution in [0.5, 0.6) is 0 Å². The Labute approximate surface area is 160 Å². The first-order valence-corrected chi connectivity index (χ1v) is 9.15. The first-order chi connectivity index (χ1) is 12.9. The molecule has 0 aliphatic heterocycles. The third kappa shape index (κ3) is 4.62. The highest BCUT2D eigenvalue weighted by Gasteiger charge is 2.20. The van der Waals surface area contributed by atoms with E-state index in [0.717, 1.165) is 29.1 Å². The number of rotatable bonds is 7. The Morgan fingerprint density at radius 1 is 1.04 bits per heavy atom. The second kappa shape index (κ2) is 8.03. The molecule has 1 aromatic heterocycles. The second-order valence-electron chi connectivity index (χ2n) is 7.60. The average molecular weight is 366 g/mol. The predicted octanol–water partition coefficient (Wildman–Crippen LogP) is 4.11. The van der Waals surface area contributed by atoms with Gasteiger partial charge >= 0.3 is 0 Å². The van der Waals surface area contributed by atoms with Crippen molar-refractivity contribution >= 4 is 0 Å². The van der Waals surface area contributed by atoms with Gasteiger partial charge in [0.15, 0.2) is 0 Å². The van der Waals surface area contributed by atoms with Crippen molar-refractivity contribution in [2.45, 2.75) is 25.9 Å². The second-order valence-corrected chi connectivity index (χ2v) is 7.60. The molecule has 1 N–H and O–H groups in total. The summed E-state index contributed by atoms with van der Waals surface area (Å²) in [5.74, 6) is -0.242. The highest BCUT2D eigenvalue weighted by atomic mass is 19.1. The summed E-state index contributed by atoms with van der Waals surface area (Å²) in [4.78, 5) is 2.20. The first-order valence-electron chi connectivity index (χ1n) is 9.15. The standard InChI is InChI=1S/C22H27FN4/c1-22(2,26(3)4)16-24-14-18-15-27(20-8-6-5-7-9-20)25-21(18)17-10-12-19(23)13-11-17/h5-13,15,24H,14,16H2,1-4H3. The summed E-state index contributed by atoms with van der Waals surface area (Å²) in [6, 6.07) is 16.5. The van der Waals surface area contributed by atoms with Crippen LogP contribution < -0.4 is 5.32 Å². The molecule has 0 aliphatic rings. The molecule has 0 amide bonds. The SMILES string of the molecule is CN(C)C(C)(C)CNCc1cn(-c2ccccc2)nc1-c1ccc(F)cc1. The molecule has 142 valence electrons. The first kappa shape index (κ1) is 19.3. The van der Waals surface area contributed by atoms with E-state index in [0.29, 0.717) is 6.54 Å². The van der Waals surface area contributed by atoms with Gasteiger partial charge in [-0.2, -0.15) is 5.10 Å². The summed E-state index contributed by atoms with van der Waals surface area (Å²) in [5, 5.41) is 8.31. The highest BCUT2D eigenvalue weighted by molar-refractivity contribution is 5.63. The number of likely N-dealkylation sites (N-methyl/N-ethyl adjacent to an activating group) is 1. The maximum atomic E-state index is 13.3. The zero-order valence-corrected chi connectivity index (χ0v) is 16.4. The molecule has 2 aromatic carbocycles. The van der Waals surface area contributed by atoms with Crippen LogP contribution in [-0.2, 0) is 6.54 Å². The van der Waals surface area contributed by atoms with Crippen molar-refractivity contribution in [1.29, 1.82) is 0 Å². The lowest BCUT2D eigenvalue weighted by atomic mass is 10.0.